The third-order valence-electron chi connectivity index (χ3n) is 1.95. The summed E-state index contributed by atoms with van der Waals surface area (Å²) in [6.45, 7) is 2.61. The zero-order valence-electron chi connectivity index (χ0n) is 8.19. The number of thiophene rings is 1. The average Bonchev–Trinajstić information content (AvgIpc) is 2.56. The SMILES string of the molecule is CC(Cc1ccsc1)NCCC(=O)O. The van der Waals surface area contributed by atoms with Crippen LogP contribution >= 0.6 is 11.3 Å². The van der Waals surface area contributed by atoms with Gasteiger partial charge in [-0.1, -0.05) is 0 Å². The number of aliphatic carboxylic acids is 1. The van der Waals surface area contributed by atoms with Crippen molar-refractivity contribution < 1.29 is 9.90 Å². The van der Waals surface area contributed by atoms with Crippen LogP contribution in [0.4, 0.5) is 0 Å². The number of carbonyl (C=O) groups is 1. The van der Waals surface area contributed by atoms with Crippen molar-refractivity contribution in [1.29, 1.82) is 0 Å². The van der Waals surface area contributed by atoms with Crippen LogP contribution in [0.5, 0.6) is 0 Å². The molecular weight excluding hydrogens is 198 g/mol. The van der Waals surface area contributed by atoms with Gasteiger partial charge in [-0.15, -0.1) is 0 Å². The lowest BCUT2D eigenvalue weighted by Crippen LogP contribution is -2.29. The second-order valence-electron chi connectivity index (χ2n) is 3.33. The van der Waals surface area contributed by atoms with Crippen LogP contribution in [0.3, 0.4) is 0 Å². The molecule has 3 nitrogen and oxygen atoms in total. The highest BCUT2D eigenvalue weighted by Crippen LogP contribution is 2.08. The molecule has 0 aromatic carbocycles. The minimum atomic E-state index is -0.750. The van der Waals surface area contributed by atoms with E-state index in [9.17, 15) is 4.79 Å². The molecule has 0 spiro atoms. The standard InChI is InChI=1S/C10H15NO2S/c1-8(11-4-2-10(12)13)6-9-3-5-14-7-9/h3,5,7-8,11H,2,4,6H2,1H3,(H,12,13). The van der Waals surface area contributed by atoms with Crippen molar-refractivity contribution in [2.24, 2.45) is 0 Å². The number of hydrogen-bond donors (Lipinski definition) is 2. The van der Waals surface area contributed by atoms with Crippen LogP contribution in [0.1, 0.15) is 18.9 Å². The summed E-state index contributed by atoms with van der Waals surface area (Å²) in [5, 5.41) is 15.8. The van der Waals surface area contributed by atoms with E-state index in [0.717, 1.165) is 6.42 Å². The Bertz CT molecular complexity index is 272. The Hall–Kier alpha value is -0.870. The summed E-state index contributed by atoms with van der Waals surface area (Å²) in [6, 6.07) is 2.43. The highest BCUT2D eigenvalue weighted by Gasteiger charge is 2.04. The van der Waals surface area contributed by atoms with Gasteiger partial charge in [0.1, 0.15) is 0 Å². The summed E-state index contributed by atoms with van der Waals surface area (Å²) >= 11 is 1.69. The van der Waals surface area contributed by atoms with Gasteiger partial charge in [-0.2, -0.15) is 11.3 Å². The molecule has 0 aliphatic rings. The van der Waals surface area contributed by atoms with Crippen LogP contribution in [0.2, 0.25) is 0 Å². The van der Waals surface area contributed by atoms with E-state index in [4.69, 9.17) is 5.11 Å². The summed E-state index contributed by atoms with van der Waals surface area (Å²) < 4.78 is 0. The number of carboxylic acid groups (broad SMARTS) is 1. The van der Waals surface area contributed by atoms with Gasteiger partial charge in [0, 0.05) is 12.6 Å². The zero-order valence-corrected chi connectivity index (χ0v) is 9.01. The molecule has 0 aliphatic carbocycles. The highest BCUT2D eigenvalue weighted by atomic mass is 32.1. The molecule has 0 bridgehead atoms. The molecule has 1 atom stereocenters. The molecule has 0 radical (unpaired) electrons. The molecule has 14 heavy (non-hydrogen) atoms. The van der Waals surface area contributed by atoms with Crippen molar-refractivity contribution in [3.05, 3.63) is 22.4 Å². The molecule has 78 valence electrons. The van der Waals surface area contributed by atoms with E-state index in [1.54, 1.807) is 11.3 Å². The van der Waals surface area contributed by atoms with Gasteiger partial charge in [0.15, 0.2) is 0 Å². The molecule has 0 amide bonds. The van der Waals surface area contributed by atoms with Crippen molar-refractivity contribution in [3.8, 4) is 0 Å². The predicted octanol–water partition coefficient (Wildman–Crippen LogP) is 1.74. The summed E-state index contributed by atoms with van der Waals surface area (Å²) in [5.41, 5.74) is 1.31. The second kappa shape index (κ2) is 5.78. The van der Waals surface area contributed by atoms with Gasteiger partial charge >= 0.3 is 5.97 Å². The van der Waals surface area contributed by atoms with Gasteiger partial charge < -0.3 is 10.4 Å². The minimum absolute atomic E-state index is 0.188. The maximum Gasteiger partial charge on any atom is 0.304 e. The van der Waals surface area contributed by atoms with Crippen LogP contribution < -0.4 is 5.32 Å². The van der Waals surface area contributed by atoms with Crippen molar-refractivity contribution in [2.45, 2.75) is 25.8 Å². The molecule has 0 aliphatic heterocycles. The molecule has 0 saturated heterocycles. The fourth-order valence-electron chi connectivity index (χ4n) is 1.26. The van der Waals surface area contributed by atoms with Crippen LogP contribution in [0.25, 0.3) is 0 Å². The van der Waals surface area contributed by atoms with Crippen molar-refractivity contribution >= 4 is 17.3 Å². The van der Waals surface area contributed by atoms with Crippen molar-refractivity contribution in [3.63, 3.8) is 0 Å². The summed E-state index contributed by atoms with van der Waals surface area (Å²) in [4.78, 5) is 10.3. The van der Waals surface area contributed by atoms with Gasteiger partial charge in [-0.05, 0) is 35.7 Å². The smallest absolute Gasteiger partial charge is 0.304 e. The topological polar surface area (TPSA) is 49.3 Å². The van der Waals surface area contributed by atoms with Gasteiger partial charge in [0.05, 0.1) is 6.42 Å². The fourth-order valence-corrected chi connectivity index (χ4v) is 1.94. The summed E-state index contributed by atoms with van der Waals surface area (Å²) in [5.74, 6) is -0.750. The quantitative estimate of drug-likeness (QED) is 0.756. The molecule has 1 aromatic rings. The molecule has 4 heteroatoms. The Labute approximate surface area is 87.8 Å². The first-order valence-corrected chi connectivity index (χ1v) is 5.59. The molecule has 1 aromatic heterocycles. The lowest BCUT2D eigenvalue weighted by Gasteiger charge is -2.11. The van der Waals surface area contributed by atoms with E-state index < -0.39 is 5.97 Å². The zero-order chi connectivity index (χ0) is 10.4. The highest BCUT2D eigenvalue weighted by molar-refractivity contribution is 7.07. The maximum atomic E-state index is 10.3. The molecule has 1 rings (SSSR count). The second-order valence-corrected chi connectivity index (χ2v) is 4.11. The van der Waals surface area contributed by atoms with Gasteiger partial charge in [-0.25, -0.2) is 0 Å². The number of hydrogen-bond acceptors (Lipinski definition) is 3. The van der Waals surface area contributed by atoms with E-state index >= 15 is 0 Å². The number of carboxylic acids is 1. The van der Waals surface area contributed by atoms with Gasteiger partial charge in [0.2, 0.25) is 0 Å². The summed E-state index contributed by atoms with van der Waals surface area (Å²) in [6.07, 6.45) is 1.15. The molecule has 2 N–H and O–H groups in total. The maximum absolute atomic E-state index is 10.3. The van der Waals surface area contributed by atoms with E-state index in [2.05, 4.69) is 29.1 Å². The van der Waals surface area contributed by atoms with Gasteiger partial charge in [0.25, 0.3) is 0 Å². The first kappa shape index (κ1) is 11.2. The van der Waals surface area contributed by atoms with E-state index in [-0.39, 0.29) is 6.42 Å². The largest absolute Gasteiger partial charge is 0.481 e. The van der Waals surface area contributed by atoms with E-state index in [0.29, 0.717) is 12.6 Å². The van der Waals surface area contributed by atoms with Crippen LogP contribution in [0, 0.1) is 0 Å². The predicted molar refractivity (Wildman–Crippen MR) is 57.7 cm³/mol. The third kappa shape index (κ3) is 4.39. The first-order chi connectivity index (χ1) is 6.68. The first-order valence-electron chi connectivity index (χ1n) is 4.64. The van der Waals surface area contributed by atoms with Crippen LogP contribution in [0.15, 0.2) is 16.8 Å². The molecule has 1 unspecified atom stereocenters. The number of nitrogens with one attached hydrogen (secondary N) is 1. The Morgan fingerprint density at radius 2 is 2.50 bits per heavy atom. The monoisotopic (exact) mass is 213 g/mol. The lowest BCUT2D eigenvalue weighted by molar-refractivity contribution is -0.136. The van der Waals surface area contributed by atoms with Crippen molar-refractivity contribution in [2.75, 3.05) is 6.54 Å². The number of rotatable bonds is 6. The summed E-state index contributed by atoms with van der Waals surface area (Å²) in [7, 11) is 0. The van der Waals surface area contributed by atoms with E-state index in [1.165, 1.54) is 5.56 Å². The van der Waals surface area contributed by atoms with Crippen molar-refractivity contribution in [1.82, 2.24) is 5.32 Å². The van der Waals surface area contributed by atoms with E-state index in [1.807, 2.05) is 0 Å². The average molecular weight is 213 g/mol. The van der Waals surface area contributed by atoms with Gasteiger partial charge in [-0.3, -0.25) is 4.79 Å². The Morgan fingerprint density at radius 1 is 1.71 bits per heavy atom. The third-order valence-corrected chi connectivity index (χ3v) is 2.69. The normalized spacial score (nSPS) is 12.6. The Morgan fingerprint density at radius 3 is 3.07 bits per heavy atom. The lowest BCUT2D eigenvalue weighted by atomic mass is 10.1. The molecule has 0 saturated carbocycles. The van der Waals surface area contributed by atoms with Crippen LogP contribution in [-0.2, 0) is 11.2 Å². The Kier molecular flexibility index (Phi) is 4.62. The minimum Gasteiger partial charge on any atom is -0.481 e. The molecular formula is C10H15NO2S. The molecule has 0 fully saturated rings. The molecule has 1 heterocycles. The fraction of sp³-hybridized carbons (Fsp3) is 0.500. The Balaban J connectivity index is 2.16. The van der Waals surface area contributed by atoms with Crippen LogP contribution in [-0.4, -0.2) is 23.7 Å².